The molecule has 1 amide bonds. The molecule has 0 aliphatic carbocycles. The molecule has 0 saturated carbocycles. The van der Waals surface area contributed by atoms with Gasteiger partial charge in [-0.3, -0.25) is 4.79 Å². The number of para-hydroxylation sites is 1. The molecule has 0 unspecified atom stereocenters. The Balaban J connectivity index is 2.22. The molecule has 0 aliphatic heterocycles. The van der Waals surface area contributed by atoms with E-state index in [0.717, 1.165) is 11.3 Å². The van der Waals surface area contributed by atoms with Crippen molar-refractivity contribution in [1.82, 2.24) is 4.98 Å². The van der Waals surface area contributed by atoms with Gasteiger partial charge in [-0.15, -0.1) is 0 Å². The number of methoxy groups -OCH3 is 1. The van der Waals surface area contributed by atoms with Crippen LogP contribution in [0.5, 0.6) is 5.75 Å². The van der Waals surface area contributed by atoms with Gasteiger partial charge in [0.2, 0.25) is 0 Å². The smallest absolute Gasteiger partial charge is 0.252 e. The summed E-state index contributed by atoms with van der Waals surface area (Å²) in [6.45, 7) is 0.477. The van der Waals surface area contributed by atoms with Gasteiger partial charge in [0, 0.05) is 18.3 Å². The fourth-order valence-electron chi connectivity index (χ4n) is 1.81. The monoisotopic (exact) mass is 291 g/mol. The number of anilines is 1. The molecular formula is C14H14ClN3O2. The molecule has 2 rings (SSSR count). The predicted molar refractivity (Wildman–Crippen MR) is 78.1 cm³/mol. The van der Waals surface area contributed by atoms with E-state index >= 15 is 0 Å². The highest BCUT2D eigenvalue weighted by Gasteiger charge is 2.10. The molecule has 104 valence electrons. The maximum absolute atomic E-state index is 11.3. The minimum Gasteiger partial charge on any atom is -0.496 e. The Hall–Kier alpha value is -2.27. The van der Waals surface area contributed by atoms with E-state index in [1.54, 1.807) is 13.2 Å². The zero-order chi connectivity index (χ0) is 14.5. The molecule has 3 N–H and O–H groups in total. The number of rotatable bonds is 5. The summed E-state index contributed by atoms with van der Waals surface area (Å²) in [5.41, 5.74) is 7.10. The number of primary amides is 1. The van der Waals surface area contributed by atoms with E-state index in [1.165, 1.54) is 6.20 Å². The molecule has 0 atom stereocenters. The summed E-state index contributed by atoms with van der Waals surface area (Å²) in [6, 6.07) is 9.16. The van der Waals surface area contributed by atoms with Gasteiger partial charge in [-0.05, 0) is 12.1 Å². The molecule has 0 aliphatic rings. The van der Waals surface area contributed by atoms with E-state index in [-0.39, 0.29) is 5.15 Å². The summed E-state index contributed by atoms with van der Waals surface area (Å²) < 4.78 is 5.27. The number of amides is 1. The standard InChI is InChI=1S/C14H14ClN3O2/c1-20-12-5-3-2-4-9(12)7-17-11-6-13(15)18-8-10(11)14(16)19/h2-6,8H,7H2,1H3,(H2,16,19)(H,17,18). The van der Waals surface area contributed by atoms with Gasteiger partial charge in [-0.1, -0.05) is 29.8 Å². The van der Waals surface area contributed by atoms with Crippen LogP contribution >= 0.6 is 11.6 Å². The van der Waals surface area contributed by atoms with Crippen molar-refractivity contribution in [2.24, 2.45) is 5.73 Å². The predicted octanol–water partition coefficient (Wildman–Crippen LogP) is 2.45. The van der Waals surface area contributed by atoms with Gasteiger partial charge in [0.25, 0.3) is 5.91 Å². The Labute approximate surface area is 121 Å². The largest absolute Gasteiger partial charge is 0.496 e. The third-order valence-electron chi connectivity index (χ3n) is 2.80. The first-order valence-electron chi connectivity index (χ1n) is 5.93. The van der Waals surface area contributed by atoms with Crippen LogP contribution in [0.25, 0.3) is 0 Å². The summed E-state index contributed by atoms with van der Waals surface area (Å²) in [7, 11) is 1.61. The minimum atomic E-state index is -0.559. The number of halogens is 1. The number of nitrogens with zero attached hydrogens (tertiary/aromatic N) is 1. The first-order valence-corrected chi connectivity index (χ1v) is 6.30. The second-order valence-corrected chi connectivity index (χ2v) is 4.47. The maximum Gasteiger partial charge on any atom is 0.252 e. The van der Waals surface area contributed by atoms with Crippen molar-refractivity contribution in [3.63, 3.8) is 0 Å². The third-order valence-corrected chi connectivity index (χ3v) is 3.00. The highest BCUT2D eigenvalue weighted by Crippen LogP contribution is 2.22. The van der Waals surface area contributed by atoms with E-state index in [1.807, 2.05) is 24.3 Å². The highest BCUT2D eigenvalue weighted by molar-refractivity contribution is 6.29. The van der Waals surface area contributed by atoms with Gasteiger partial charge in [-0.2, -0.15) is 0 Å². The van der Waals surface area contributed by atoms with Gasteiger partial charge in [0.1, 0.15) is 10.9 Å². The molecule has 0 radical (unpaired) electrons. The molecule has 0 spiro atoms. The van der Waals surface area contributed by atoms with E-state index in [2.05, 4.69) is 10.3 Å². The molecule has 0 saturated heterocycles. The molecule has 5 nitrogen and oxygen atoms in total. The third kappa shape index (κ3) is 3.19. The number of pyridine rings is 1. The van der Waals surface area contributed by atoms with Crippen LogP contribution in [0.15, 0.2) is 36.5 Å². The average Bonchev–Trinajstić information content (AvgIpc) is 2.45. The molecule has 2 aromatic rings. The number of benzene rings is 1. The van der Waals surface area contributed by atoms with Gasteiger partial charge in [-0.25, -0.2) is 4.98 Å². The lowest BCUT2D eigenvalue weighted by Gasteiger charge is -2.12. The molecule has 6 heteroatoms. The van der Waals surface area contributed by atoms with Crippen LogP contribution in [0.1, 0.15) is 15.9 Å². The quantitative estimate of drug-likeness (QED) is 0.830. The van der Waals surface area contributed by atoms with Crippen LogP contribution in [-0.4, -0.2) is 18.0 Å². The lowest BCUT2D eigenvalue weighted by Crippen LogP contribution is -2.15. The zero-order valence-corrected chi connectivity index (χ0v) is 11.6. The topological polar surface area (TPSA) is 77.2 Å². The Kier molecular flexibility index (Phi) is 4.42. The van der Waals surface area contributed by atoms with Crippen LogP contribution < -0.4 is 15.8 Å². The number of aromatic nitrogens is 1. The van der Waals surface area contributed by atoms with Crippen molar-refractivity contribution in [3.8, 4) is 5.75 Å². The van der Waals surface area contributed by atoms with Gasteiger partial charge >= 0.3 is 0 Å². The van der Waals surface area contributed by atoms with Gasteiger partial charge in [0.05, 0.1) is 18.4 Å². The van der Waals surface area contributed by atoms with Crippen LogP contribution in [0, 0.1) is 0 Å². The summed E-state index contributed by atoms with van der Waals surface area (Å²) in [5, 5.41) is 3.41. The maximum atomic E-state index is 11.3. The summed E-state index contributed by atoms with van der Waals surface area (Å²) in [6.07, 6.45) is 1.36. The number of nitrogens with one attached hydrogen (secondary N) is 1. The zero-order valence-electron chi connectivity index (χ0n) is 10.9. The molecule has 0 bridgehead atoms. The Morgan fingerprint density at radius 1 is 1.45 bits per heavy atom. The lowest BCUT2D eigenvalue weighted by atomic mass is 10.1. The van der Waals surface area contributed by atoms with Crippen LogP contribution in [-0.2, 0) is 6.54 Å². The number of nitrogens with two attached hydrogens (primary N) is 1. The highest BCUT2D eigenvalue weighted by atomic mass is 35.5. The minimum absolute atomic E-state index is 0.289. The van der Waals surface area contributed by atoms with Gasteiger partial charge in [0.15, 0.2) is 0 Å². The van der Waals surface area contributed by atoms with Crippen molar-refractivity contribution in [3.05, 3.63) is 52.8 Å². The van der Waals surface area contributed by atoms with E-state index in [0.29, 0.717) is 17.8 Å². The van der Waals surface area contributed by atoms with Crippen LogP contribution in [0.2, 0.25) is 5.15 Å². The number of hydrogen-bond donors (Lipinski definition) is 2. The second kappa shape index (κ2) is 6.25. The number of carbonyl (C=O) groups is 1. The molecule has 1 aromatic heterocycles. The van der Waals surface area contributed by atoms with E-state index < -0.39 is 5.91 Å². The van der Waals surface area contributed by atoms with Crippen LogP contribution in [0.4, 0.5) is 5.69 Å². The number of ether oxygens (including phenoxy) is 1. The molecule has 20 heavy (non-hydrogen) atoms. The lowest BCUT2D eigenvalue weighted by molar-refractivity contribution is 0.100. The Bertz CT molecular complexity index is 632. The number of carbonyl (C=O) groups excluding carboxylic acids is 1. The van der Waals surface area contributed by atoms with Gasteiger partial charge < -0.3 is 15.8 Å². The Morgan fingerprint density at radius 2 is 2.20 bits per heavy atom. The van der Waals surface area contributed by atoms with E-state index in [9.17, 15) is 4.79 Å². The molecular weight excluding hydrogens is 278 g/mol. The summed E-state index contributed by atoms with van der Waals surface area (Å²) >= 11 is 5.83. The van der Waals surface area contributed by atoms with Crippen molar-refractivity contribution >= 4 is 23.2 Å². The number of hydrogen-bond acceptors (Lipinski definition) is 4. The fourth-order valence-corrected chi connectivity index (χ4v) is 1.97. The normalized spacial score (nSPS) is 10.1. The fraction of sp³-hybridized carbons (Fsp3) is 0.143. The van der Waals surface area contributed by atoms with Crippen molar-refractivity contribution in [2.45, 2.75) is 6.54 Å². The SMILES string of the molecule is COc1ccccc1CNc1cc(Cl)ncc1C(N)=O. The Morgan fingerprint density at radius 3 is 2.90 bits per heavy atom. The summed E-state index contributed by atoms with van der Waals surface area (Å²) in [5.74, 6) is 0.206. The summed E-state index contributed by atoms with van der Waals surface area (Å²) in [4.78, 5) is 15.2. The molecule has 0 fully saturated rings. The first kappa shape index (κ1) is 14.1. The first-order chi connectivity index (χ1) is 9.61. The van der Waals surface area contributed by atoms with Crippen molar-refractivity contribution < 1.29 is 9.53 Å². The second-order valence-electron chi connectivity index (χ2n) is 4.08. The average molecular weight is 292 g/mol. The van der Waals surface area contributed by atoms with Crippen LogP contribution in [0.3, 0.4) is 0 Å². The van der Waals surface area contributed by atoms with Crippen molar-refractivity contribution in [2.75, 3.05) is 12.4 Å². The molecule has 1 heterocycles. The molecule has 1 aromatic carbocycles. The van der Waals surface area contributed by atoms with E-state index in [4.69, 9.17) is 22.1 Å². The van der Waals surface area contributed by atoms with Crippen molar-refractivity contribution in [1.29, 1.82) is 0 Å².